The van der Waals surface area contributed by atoms with Crippen molar-refractivity contribution in [3.8, 4) is 0 Å². The van der Waals surface area contributed by atoms with Gasteiger partial charge >= 0.3 is 11.9 Å². The number of halogens is 1. The van der Waals surface area contributed by atoms with E-state index in [1.54, 1.807) is 12.1 Å². The smallest absolute Gasteiger partial charge is 0.414 e. The summed E-state index contributed by atoms with van der Waals surface area (Å²) in [5.41, 5.74) is 2.35. The Hall–Kier alpha value is -2.73. The molecule has 0 aromatic heterocycles. The van der Waals surface area contributed by atoms with Gasteiger partial charge in [-0.25, -0.2) is 14.0 Å². The Kier molecular flexibility index (Phi) is 7.42. The number of hydrogen-bond acceptors (Lipinski definition) is 3. The minimum atomic E-state index is -1.82. The fourth-order valence-electron chi connectivity index (χ4n) is 1.73. The Morgan fingerprint density at radius 1 is 1.00 bits per heavy atom. The maximum atomic E-state index is 12.7. The van der Waals surface area contributed by atoms with Gasteiger partial charge in [0, 0.05) is 12.6 Å². The van der Waals surface area contributed by atoms with Crippen molar-refractivity contribution in [2.75, 3.05) is 0 Å². The standard InChI is InChI=1S/C15H16FN.C2H2O4/c1-12(14-5-3-2-4-6-14)17-11-13-7-9-15(16)10-8-13;3-1(4)2(5)6/h2-10,12,17H,11H2,1H3;(H,3,4)(H,5,6)/t12-;/m0./s1. The molecular formula is C17H18FNO4. The molecule has 0 saturated carbocycles. The van der Waals surface area contributed by atoms with Crippen LogP contribution in [0.15, 0.2) is 54.6 Å². The molecule has 0 spiro atoms. The third kappa shape index (κ3) is 7.19. The highest BCUT2D eigenvalue weighted by atomic mass is 19.1. The predicted octanol–water partition coefficient (Wildman–Crippen LogP) is 2.83. The van der Waals surface area contributed by atoms with E-state index in [4.69, 9.17) is 19.8 Å². The highest BCUT2D eigenvalue weighted by molar-refractivity contribution is 6.27. The Morgan fingerprint density at radius 2 is 1.52 bits per heavy atom. The van der Waals surface area contributed by atoms with Crippen molar-refractivity contribution in [2.24, 2.45) is 0 Å². The largest absolute Gasteiger partial charge is 0.473 e. The van der Waals surface area contributed by atoms with Gasteiger partial charge in [0.25, 0.3) is 0 Å². The number of benzene rings is 2. The molecule has 5 nitrogen and oxygen atoms in total. The molecule has 0 unspecified atom stereocenters. The molecule has 0 amide bonds. The second-order valence-corrected chi connectivity index (χ2v) is 4.75. The van der Waals surface area contributed by atoms with Gasteiger partial charge in [-0.3, -0.25) is 0 Å². The minimum absolute atomic E-state index is 0.190. The molecule has 0 aliphatic rings. The summed E-state index contributed by atoms with van der Waals surface area (Å²) in [6.45, 7) is 2.87. The number of aliphatic carboxylic acids is 2. The van der Waals surface area contributed by atoms with Crippen LogP contribution in [-0.2, 0) is 16.1 Å². The maximum Gasteiger partial charge on any atom is 0.414 e. The first-order valence-corrected chi connectivity index (χ1v) is 6.89. The first-order valence-electron chi connectivity index (χ1n) is 6.89. The van der Waals surface area contributed by atoms with Crippen LogP contribution in [0.25, 0.3) is 0 Å². The zero-order valence-electron chi connectivity index (χ0n) is 12.6. The van der Waals surface area contributed by atoms with E-state index in [-0.39, 0.29) is 5.82 Å². The average Bonchev–Trinajstić information content (AvgIpc) is 2.55. The SMILES string of the molecule is C[C@H](NCc1ccc(F)cc1)c1ccccc1.O=C(O)C(=O)O. The van der Waals surface area contributed by atoms with Gasteiger partial charge in [0.2, 0.25) is 0 Å². The highest BCUT2D eigenvalue weighted by Crippen LogP contribution is 2.12. The Balaban J connectivity index is 0.000000379. The number of nitrogens with one attached hydrogen (secondary N) is 1. The van der Waals surface area contributed by atoms with Gasteiger partial charge in [0.05, 0.1) is 0 Å². The molecule has 0 aliphatic carbocycles. The van der Waals surface area contributed by atoms with Crippen LogP contribution in [0.4, 0.5) is 4.39 Å². The molecule has 0 bridgehead atoms. The van der Waals surface area contributed by atoms with Crippen molar-refractivity contribution in [3.05, 3.63) is 71.5 Å². The summed E-state index contributed by atoms with van der Waals surface area (Å²) < 4.78 is 12.7. The second kappa shape index (κ2) is 9.32. The lowest BCUT2D eigenvalue weighted by molar-refractivity contribution is -0.159. The van der Waals surface area contributed by atoms with E-state index >= 15 is 0 Å². The van der Waals surface area contributed by atoms with Crippen LogP contribution in [0, 0.1) is 5.82 Å². The van der Waals surface area contributed by atoms with E-state index in [2.05, 4.69) is 24.4 Å². The van der Waals surface area contributed by atoms with Gasteiger partial charge in [-0.2, -0.15) is 0 Å². The molecule has 2 rings (SSSR count). The van der Waals surface area contributed by atoms with E-state index in [9.17, 15) is 4.39 Å². The van der Waals surface area contributed by atoms with Crippen LogP contribution in [0.2, 0.25) is 0 Å². The van der Waals surface area contributed by atoms with Gasteiger partial charge in [-0.05, 0) is 30.2 Å². The van der Waals surface area contributed by atoms with Crippen LogP contribution in [0.3, 0.4) is 0 Å². The zero-order valence-corrected chi connectivity index (χ0v) is 12.6. The summed E-state index contributed by atoms with van der Waals surface area (Å²) in [5.74, 6) is -3.84. The summed E-state index contributed by atoms with van der Waals surface area (Å²) in [7, 11) is 0. The van der Waals surface area contributed by atoms with Crippen molar-refractivity contribution in [2.45, 2.75) is 19.5 Å². The van der Waals surface area contributed by atoms with Gasteiger partial charge in [0.15, 0.2) is 0 Å². The average molecular weight is 319 g/mol. The van der Waals surface area contributed by atoms with Crippen LogP contribution >= 0.6 is 0 Å². The van der Waals surface area contributed by atoms with Gasteiger partial charge in [0.1, 0.15) is 5.82 Å². The first kappa shape index (κ1) is 18.3. The number of hydrogen-bond donors (Lipinski definition) is 3. The van der Waals surface area contributed by atoms with Gasteiger partial charge in [-0.15, -0.1) is 0 Å². The molecule has 0 saturated heterocycles. The molecule has 6 heteroatoms. The van der Waals surface area contributed by atoms with E-state index in [0.717, 1.165) is 12.1 Å². The number of rotatable bonds is 4. The van der Waals surface area contributed by atoms with Crippen LogP contribution in [0.5, 0.6) is 0 Å². The van der Waals surface area contributed by atoms with Crippen LogP contribution in [0.1, 0.15) is 24.1 Å². The molecule has 3 N–H and O–H groups in total. The highest BCUT2D eigenvalue weighted by Gasteiger charge is 2.04. The Bertz CT molecular complexity index is 617. The topological polar surface area (TPSA) is 86.6 Å². The summed E-state index contributed by atoms with van der Waals surface area (Å²) >= 11 is 0. The fraction of sp³-hybridized carbons (Fsp3) is 0.176. The van der Waals surface area contributed by atoms with E-state index < -0.39 is 11.9 Å². The fourth-order valence-corrected chi connectivity index (χ4v) is 1.73. The number of carbonyl (C=O) groups is 2. The third-order valence-electron chi connectivity index (χ3n) is 3.01. The van der Waals surface area contributed by atoms with E-state index in [0.29, 0.717) is 6.04 Å². The molecule has 0 aliphatic heterocycles. The summed E-state index contributed by atoms with van der Waals surface area (Å²) in [5, 5.41) is 18.2. The lowest BCUT2D eigenvalue weighted by atomic mass is 10.1. The van der Waals surface area contributed by atoms with Crippen molar-refractivity contribution >= 4 is 11.9 Å². The van der Waals surface area contributed by atoms with Crippen molar-refractivity contribution in [1.29, 1.82) is 0 Å². The monoisotopic (exact) mass is 319 g/mol. The van der Waals surface area contributed by atoms with E-state index in [1.807, 2.05) is 18.2 Å². The summed E-state index contributed by atoms with van der Waals surface area (Å²) in [6.07, 6.45) is 0. The summed E-state index contributed by atoms with van der Waals surface area (Å²) in [6, 6.07) is 17.2. The lowest BCUT2D eigenvalue weighted by Crippen LogP contribution is -2.17. The zero-order chi connectivity index (χ0) is 17.2. The Morgan fingerprint density at radius 3 is 2.00 bits per heavy atom. The number of carboxylic acids is 2. The molecule has 1 atom stereocenters. The van der Waals surface area contributed by atoms with E-state index in [1.165, 1.54) is 17.7 Å². The van der Waals surface area contributed by atoms with Gasteiger partial charge < -0.3 is 15.5 Å². The molecule has 2 aromatic carbocycles. The molecule has 0 radical (unpaired) electrons. The normalized spacial score (nSPS) is 11.0. The minimum Gasteiger partial charge on any atom is -0.473 e. The molecule has 2 aromatic rings. The number of carboxylic acid groups (broad SMARTS) is 2. The predicted molar refractivity (Wildman–Crippen MR) is 83.4 cm³/mol. The van der Waals surface area contributed by atoms with Gasteiger partial charge in [-0.1, -0.05) is 42.5 Å². The van der Waals surface area contributed by atoms with Crippen molar-refractivity contribution < 1.29 is 24.2 Å². The molecule has 23 heavy (non-hydrogen) atoms. The summed E-state index contributed by atoms with van der Waals surface area (Å²) in [4.78, 5) is 18.2. The lowest BCUT2D eigenvalue weighted by Gasteiger charge is -2.14. The Labute approximate surface area is 133 Å². The molecular weight excluding hydrogens is 301 g/mol. The van der Waals surface area contributed by atoms with Crippen LogP contribution < -0.4 is 5.32 Å². The quantitative estimate of drug-likeness (QED) is 0.754. The molecule has 122 valence electrons. The third-order valence-corrected chi connectivity index (χ3v) is 3.01. The molecule has 0 fully saturated rings. The second-order valence-electron chi connectivity index (χ2n) is 4.75. The first-order chi connectivity index (χ1) is 10.9. The maximum absolute atomic E-state index is 12.7. The molecule has 0 heterocycles. The van der Waals surface area contributed by atoms with Crippen molar-refractivity contribution in [3.63, 3.8) is 0 Å². The van der Waals surface area contributed by atoms with Crippen molar-refractivity contribution in [1.82, 2.24) is 5.32 Å². The van der Waals surface area contributed by atoms with Crippen LogP contribution in [-0.4, -0.2) is 22.2 Å².